The van der Waals surface area contributed by atoms with Gasteiger partial charge < -0.3 is 15.1 Å². The van der Waals surface area contributed by atoms with Crippen molar-refractivity contribution in [1.82, 2.24) is 14.9 Å². The Morgan fingerprint density at radius 2 is 1.57 bits per heavy atom. The van der Waals surface area contributed by atoms with Crippen molar-refractivity contribution in [3.05, 3.63) is 66.9 Å². The van der Waals surface area contributed by atoms with E-state index in [9.17, 15) is 10.2 Å². The van der Waals surface area contributed by atoms with E-state index in [0.717, 1.165) is 11.1 Å². The molecule has 0 amide bonds. The van der Waals surface area contributed by atoms with E-state index in [1.807, 2.05) is 47.7 Å². The Morgan fingerprint density at radius 3 is 2.27 bits per heavy atom. The first-order valence-corrected chi connectivity index (χ1v) is 10.9. The number of benzene rings is 2. The van der Waals surface area contributed by atoms with E-state index in [1.54, 1.807) is 30.5 Å². The molecule has 9 heteroatoms. The molecule has 0 fully saturated rings. The van der Waals surface area contributed by atoms with Gasteiger partial charge >= 0.3 is 0 Å². The first-order valence-electron chi connectivity index (χ1n) is 8.68. The third-order valence-electron chi connectivity index (χ3n) is 4.12. The van der Waals surface area contributed by atoms with Crippen LogP contribution in [0.4, 0.5) is 0 Å². The molecule has 30 heavy (non-hydrogen) atoms. The number of fused-ring (bicyclic) bond motifs is 2. The van der Waals surface area contributed by atoms with Crippen molar-refractivity contribution >= 4 is 79.2 Å². The van der Waals surface area contributed by atoms with Gasteiger partial charge in [0.2, 0.25) is 0 Å². The largest absolute Gasteiger partial charge is 0.870 e. The third-order valence-corrected chi connectivity index (χ3v) is 5.83. The molecule has 0 saturated carbocycles. The standard InChI is InChI=1S/C12H12Cl2N2O.C9H5ClINO/c1-16(2)6-7-3-4-8-9(13)5-10(14)12(17)11(8)15-7;10-6-4-7(11)9(13)8-5(6)2-1-3-12-8/h3-5,17H,6H2,1-2H3;1-4,13H/p-2. The lowest BCUT2D eigenvalue weighted by molar-refractivity contribution is -0.267. The highest BCUT2D eigenvalue weighted by Gasteiger charge is 2.07. The number of hydrogen-bond donors (Lipinski definition) is 0. The van der Waals surface area contributed by atoms with Crippen LogP contribution in [0.1, 0.15) is 5.69 Å². The Labute approximate surface area is 202 Å². The average molecular weight is 575 g/mol. The molecule has 2 heterocycles. The van der Waals surface area contributed by atoms with Gasteiger partial charge in [0, 0.05) is 32.1 Å². The van der Waals surface area contributed by atoms with Crippen LogP contribution in [0.3, 0.4) is 0 Å². The summed E-state index contributed by atoms with van der Waals surface area (Å²) in [5, 5.41) is 25.9. The van der Waals surface area contributed by atoms with Crippen molar-refractivity contribution in [2.24, 2.45) is 0 Å². The fourth-order valence-electron chi connectivity index (χ4n) is 2.79. The minimum absolute atomic E-state index is 0.0550. The zero-order chi connectivity index (χ0) is 22.0. The van der Waals surface area contributed by atoms with E-state index < -0.39 is 0 Å². The van der Waals surface area contributed by atoms with Gasteiger partial charge in [-0.1, -0.05) is 46.3 Å². The van der Waals surface area contributed by atoms with E-state index in [1.165, 1.54) is 6.07 Å². The number of pyridine rings is 2. The normalized spacial score (nSPS) is 11.0. The van der Waals surface area contributed by atoms with Crippen LogP contribution in [-0.4, -0.2) is 29.0 Å². The Morgan fingerprint density at radius 1 is 0.900 bits per heavy atom. The molecule has 2 aromatic heterocycles. The monoisotopic (exact) mass is 573 g/mol. The lowest BCUT2D eigenvalue weighted by atomic mass is 10.2. The van der Waals surface area contributed by atoms with Crippen LogP contribution < -0.4 is 10.2 Å². The molecule has 0 aliphatic rings. The maximum atomic E-state index is 11.9. The number of rotatable bonds is 2. The maximum absolute atomic E-state index is 11.9. The highest BCUT2D eigenvalue weighted by Crippen LogP contribution is 2.34. The number of hydrogen-bond acceptors (Lipinski definition) is 5. The summed E-state index contributed by atoms with van der Waals surface area (Å²) in [4.78, 5) is 10.3. The Kier molecular flexibility index (Phi) is 7.47. The second-order valence-corrected chi connectivity index (χ2v) is 9.06. The maximum Gasteiger partial charge on any atom is 0.0657 e. The summed E-state index contributed by atoms with van der Waals surface area (Å²) in [6.07, 6.45) is 1.59. The van der Waals surface area contributed by atoms with Crippen LogP contribution in [0.25, 0.3) is 21.8 Å². The molecule has 0 radical (unpaired) electrons. The van der Waals surface area contributed by atoms with Gasteiger partial charge in [-0.3, -0.25) is 9.97 Å². The number of halogens is 4. The van der Waals surface area contributed by atoms with Crippen LogP contribution in [-0.2, 0) is 6.54 Å². The van der Waals surface area contributed by atoms with E-state index in [-0.39, 0.29) is 16.5 Å². The molecule has 5 nitrogen and oxygen atoms in total. The highest BCUT2D eigenvalue weighted by molar-refractivity contribution is 14.1. The van der Waals surface area contributed by atoms with E-state index in [4.69, 9.17) is 34.8 Å². The third kappa shape index (κ3) is 5.00. The minimum atomic E-state index is -0.272. The van der Waals surface area contributed by atoms with Crippen molar-refractivity contribution in [3.8, 4) is 11.5 Å². The predicted molar refractivity (Wildman–Crippen MR) is 128 cm³/mol. The molecule has 4 aromatic rings. The second kappa shape index (κ2) is 9.70. The van der Waals surface area contributed by atoms with Gasteiger partial charge in [-0.25, -0.2) is 0 Å². The van der Waals surface area contributed by atoms with Crippen LogP contribution in [0.5, 0.6) is 11.5 Å². The Hall–Kier alpha value is -1.58. The smallest absolute Gasteiger partial charge is 0.0657 e. The van der Waals surface area contributed by atoms with E-state index in [0.29, 0.717) is 36.6 Å². The summed E-state index contributed by atoms with van der Waals surface area (Å²) >= 11 is 19.7. The fraction of sp³-hybridized carbons (Fsp3) is 0.143. The molecular formula is C21H15Cl3IN3O2-2. The molecule has 0 aliphatic carbocycles. The van der Waals surface area contributed by atoms with Crippen molar-refractivity contribution in [1.29, 1.82) is 0 Å². The molecule has 0 saturated heterocycles. The van der Waals surface area contributed by atoms with Gasteiger partial charge in [-0.05, 0) is 73.1 Å². The molecule has 0 spiro atoms. The van der Waals surface area contributed by atoms with Crippen molar-refractivity contribution in [2.45, 2.75) is 6.54 Å². The molecule has 0 aliphatic heterocycles. The first-order chi connectivity index (χ1) is 14.2. The Bertz CT molecular complexity index is 1240. The van der Waals surface area contributed by atoms with E-state index >= 15 is 0 Å². The summed E-state index contributed by atoms with van der Waals surface area (Å²) < 4.78 is 0.605. The Balaban J connectivity index is 0.000000177. The van der Waals surface area contributed by atoms with Crippen LogP contribution in [0, 0.1) is 3.57 Å². The minimum Gasteiger partial charge on any atom is -0.870 e. The highest BCUT2D eigenvalue weighted by atomic mass is 127. The van der Waals surface area contributed by atoms with Gasteiger partial charge in [0.25, 0.3) is 0 Å². The summed E-state index contributed by atoms with van der Waals surface area (Å²) in [6.45, 7) is 0.666. The topological polar surface area (TPSA) is 75.1 Å². The molecule has 156 valence electrons. The zero-order valence-electron chi connectivity index (χ0n) is 15.9. The van der Waals surface area contributed by atoms with Crippen LogP contribution in [0.2, 0.25) is 15.1 Å². The summed E-state index contributed by atoms with van der Waals surface area (Å²) in [7, 11) is 3.88. The molecule has 0 atom stereocenters. The molecule has 4 rings (SSSR count). The second-order valence-electron chi connectivity index (χ2n) is 6.67. The van der Waals surface area contributed by atoms with Crippen LogP contribution in [0.15, 0.2) is 42.6 Å². The molecule has 0 N–H and O–H groups in total. The molecular weight excluding hydrogens is 560 g/mol. The van der Waals surface area contributed by atoms with Crippen molar-refractivity contribution < 1.29 is 10.2 Å². The van der Waals surface area contributed by atoms with Crippen molar-refractivity contribution in [3.63, 3.8) is 0 Å². The zero-order valence-corrected chi connectivity index (χ0v) is 20.3. The summed E-state index contributed by atoms with van der Waals surface area (Å²) in [5.41, 5.74) is 1.60. The average Bonchev–Trinajstić information content (AvgIpc) is 2.70. The van der Waals surface area contributed by atoms with Crippen LogP contribution >= 0.6 is 57.4 Å². The lowest BCUT2D eigenvalue weighted by Crippen LogP contribution is -2.12. The lowest BCUT2D eigenvalue weighted by Gasteiger charge is -2.15. The molecule has 2 aromatic carbocycles. The molecule has 0 bridgehead atoms. The number of aromatic nitrogens is 2. The SMILES string of the molecule is CN(C)Cc1ccc2c(Cl)cc(Cl)c([O-])c2n1.[O-]c1c(I)cc(Cl)c2cccnc12. The van der Waals surface area contributed by atoms with Crippen molar-refractivity contribution in [2.75, 3.05) is 14.1 Å². The predicted octanol–water partition coefficient (Wildman–Crippen LogP) is 5.24. The summed E-state index contributed by atoms with van der Waals surface area (Å²) in [5.74, 6) is -0.327. The molecule has 0 unspecified atom stereocenters. The van der Waals surface area contributed by atoms with Gasteiger partial charge in [-0.15, -0.1) is 0 Å². The van der Waals surface area contributed by atoms with Gasteiger partial charge in [0.1, 0.15) is 0 Å². The van der Waals surface area contributed by atoms with Gasteiger partial charge in [0.05, 0.1) is 26.8 Å². The number of nitrogens with zero attached hydrogens (tertiary/aromatic N) is 3. The fourth-order valence-corrected chi connectivity index (χ4v) is 4.32. The van der Waals surface area contributed by atoms with Gasteiger partial charge in [0.15, 0.2) is 0 Å². The summed E-state index contributed by atoms with van der Waals surface area (Å²) in [6, 6.07) is 10.3. The van der Waals surface area contributed by atoms with Gasteiger partial charge in [-0.2, -0.15) is 0 Å². The first kappa shape index (κ1) is 23.1. The quantitative estimate of drug-likeness (QED) is 0.306. The van der Waals surface area contributed by atoms with E-state index in [2.05, 4.69) is 9.97 Å².